The number of hydrogen-bond acceptors (Lipinski definition) is 3. The van der Waals surface area contributed by atoms with E-state index in [2.05, 4.69) is 10.5 Å². The average molecular weight is 203 g/mol. The van der Waals surface area contributed by atoms with Gasteiger partial charge in [-0.05, 0) is 13.3 Å². The molecular formula is C8H11ClN2O2. The van der Waals surface area contributed by atoms with Gasteiger partial charge in [0.15, 0.2) is 5.69 Å². The maximum absolute atomic E-state index is 11.3. The van der Waals surface area contributed by atoms with Gasteiger partial charge in [-0.2, -0.15) is 0 Å². The number of amides is 1. The summed E-state index contributed by atoms with van der Waals surface area (Å²) in [6, 6.07) is 1.59. The van der Waals surface area contributed by atoms with Gasteiger partial charge in [0.25, 0.3) is 5.91 Å². The number of rotatable bonds is 4. The van der Waals surface area contributed by atoms with E-state index in [-0.39, 0.29) is 5.91 Å². The number of halogens is 1. The van der Waals surface area contributed by atoms with Crippen molar-refractivity contribution in [3.05, 3.63) is 17.5 Å². The standard InChI is InChI=1S/C8H11ClN2O2/c1-6-5-7(11-13-6)8(12)10-4-2-3-9/h5H,2-4H2,1H3,(H,10,12). The molecule has 1 heterocycles. The number of aryl methyl sites for hydroxylation is 1. The van der Waals surface area contributed by atoms with Crippen molar-refractivity contribution in [2.75, 3.05) is 12.4 Å². The summed E-state index contributed by atoms with van der Waals surface area (Å²) < 4.78 is 4.76. The van der Waals surface area contributed by atoms with Crippen LogP contribution in [-0.4, -0.2) is 23.5 Å². The molecule has 0 fully saturated rings. The lowest BCUT2D eigenvalue weighted by Gasteiger charge is -1.98. The van der Waals surface area contributed by atoms with Crippen molar-refractivity contribution >= 4 is 17.5 Å². The lowest BCUT2D eigenvalue weighted by molar-refractivity contribution is 0.0944. The van der Waals surface area contributed by atoms with Crippen molar-refractivity contribution in [1.82, 2.24) is 10.5 Å². The molecule has 4 nitrogen and oxygen atoms in total. The van der Waals surface area contributed by atoms with E-state index in [4.69, 9.17) is 16.1 Å². The molecule has 1 rings (SSSR count). The van der Waals surface area contributed by atoms with Crippen LogP contribution in [0.5, 0.6) is 0 Å². The number of aromatic nitrogens is 1. The van der Waals surface area contributed by atoms with Crippen LogP contribution in [0.15, 0.2) is 10.6 Å². The van der Waals surface area contributed by atoms with E-state index in [0.717, 1.165) is 6.42 Å². The normalized spacial score (nSPS) is 10.0. The lowest BCUT2D eigenvalue weighted by atomic mass is 10.3. The molecule has 0 radical (unpaired) electrons. The minimum absolute atomic E-state index is 0.220. The summed E-state index contributed by atoms with van der Waals surface area (Å²) in [5.41, 5.74) is 0.312. The highest BCUT2D eigenvalue weighted by Crippen LogP contribution is 2.00. The van der Waals surface area contributed by atoms with Crippen LogP contribution in [0.1, 0.15) is 22.7 Å². The molecule has 0 aliphatic carbocycles. The van der Waals surface area contributed by atoms with Gasteiger partial charge in [-0.15, -0.1) is 11.6 Å². The zero-order chi connectivity index (χ0) is 9.68. The van der Waals surface area contributed by atoms with E-state index in [1.807, 2.05) is 0 Å². The van der Waals surface area contributed by atoms with Crippen LogP contribution >= 0.6 is 11.6 Å². The number of carbonyl (C=O) groups is 1. The van der Waals surface area contributed by atoms with Gasteiger partial charge in [0, 0.05) is 18.5 Å². The molecule has 0 spiro atoms. The molecule has 72 valence electrons. The van der Waals surface area contributed by atoms with Crippen LogP contribution in [0.2, 0.25) is 0 Å². The molecule has 13 heavy (non-hydrogen) atoms. The van der Waals surface area contributed by atoms with Crippen molar-refractivity contribution < 1.29 is 9.32 Å². The monoisotopic (exact) mass is 202 g/mol. The zero-order valence-corrected chi connectivity index (χ0v) is 8.10. The first-order chi connectivity index (χ1) is 6.24. The molecule has 1 aromatic rings. The van der Waals surface area contributed by atoms with Crippen molar-refractivity contribution in [2.45, 2.75) is 13.3 Å². The highest BCUT2D eigenvalue weighted by molar-refractivity contribution is 6.17. The second-order valence-electron chi connectivity index (χ2n) is 2.62. The molecule has 0 saturated heterocycles. The highest BCUT2D eigenvalue weighted by Gasteiger charge is 2.08. The molecule has 0 unspecified atom stereocenters. The van der Waals surface area contributed by atoms with Crippen LogP contribution < -0.4 is 5.32 Å². The van der Waals surface area contributed by atoms with Gasteiger partial charge in [0.2, 0.25) is 0 Å². The minimum Gasteiger partial charge on any atom is -0.361 e. The Labute approximate surface area is 81.2 Å². The van der Waals surface area contributed by atoms with E-state index < -0.39 is 0 Å². The fourth-order valence-corrected chi connectivity index (χ4v) is 0.966. The van der Waals surface area contributed by atoms with E-state index in [1.165, 1.54) is 0 Å². The third kappa shape index (κ3) is 3.06. The second-order valence-corrected chi connectivity index (χ2v) is 3.00. The van der Waals surface area contributed by atoms with Gasteiger partial charge in [-0.3, -0.25) is 4.79 Å². The first-order valence-corrected chi connectivity index (χ1v) is 4.55. The number of hydrogen-bond donors (Lipinski definition) is 1. The molecular weight excluding hydrogens is 192 g/mol. The maximum Gasteiger partial charge on any atom is 0.273 e. The summed E-state index contributed by atoms with van der Waals surface area (Å²) in [6.45, 7) is 2.30. The minimum atomic E-state index is -0.220. The number of nitrogens with one attached hydrogen (secondary N) is 1. The first kappa shape index (κ1) is 10.1. The van der Waals surface area contributed by atoms with Gasteiger partial charge in [-0.1, -0.05) is 5.16 Å². The van der Waals surface area contributed by atoms with Gasteiger partial charge in [-0.25, -0.2) is 0 Å². The SMILES string of the molecule is Cc1cc(C(=O)NCCCCl)no1. The van der Waals surface area contributed by atoms with Gasteiger partial charge >= 0.3 is 0 Å². The van der Waals surface area contributed by atoms with E-state index in [1.54, 1.807) is 13.0 Å². The molecule has 0 aromatic carbocycles. The molecule has 1 aromatic heterocycles. The maximum atomic E-state index is 11.3. The molecule has 0 bridgehead atoms. The van der Waals surface area contributed by atoms with Crippen molar-refractivity contribution in [3.63, 3.8) is 0 Å². The molecule has 1 N–H and O–H groups in total. The Kier molecular flexibility index (Phi) is 3.76. The molecule has 5 heteroatoms. The molecule has 0 aliphatic heterocycles. The Bertz CT molecular complexity index is 285. The summed E-state index contributed by atoms with van der Waals surface area (Å²) in [5.74, 6) is 0.947. The Morgan fingerprint density at radius 2 is 2.54 bits per heavy atom. The third-order valence-electron chi connectivity index (χ3n) is 1.46. The molecule has 0 atom stereocenters. The lowest BCUT2D eigenvalue weighted by Crippen LogP contribution is -2.24. The number of alkyl halides is 1. The average Bonchev–Trinajstić information content (AvgIpc) is 2.52. The van der Waals surface area contributed by atoms with E-state index in [9.17, 15) is 4.79 Å². The Morgan fingerprint density at radius 3 is 3.08 bits per heavy atom. The van der Waals surface area contributed by atoms with Crippen molar-refractivity contribution in [1.29, 1.82) is 0 Å². The zero-order valence-electron chi connectivity index (χ0n) is 7.34. The fourth-order valence-electron chi connectivity index (χ4n) is 0.833. The predicted molar refractivity (Wildman–Crippen MR) is 48.9 cm³/mol. The van der Waals surface area contributed by atoms with Crippen LogP contribution in [0.3, 0.4) is 0 Å². The highest BCUT2D eigenvalue weighted by atomic mass is 35.5. The fraction of sp³-hybridized carbons (Fsp3) is 0.500. The summed E-state index contributed by atoms with van der Waals surface area (Å²) in [6.07, 6.45) is 0.754. The van der Waals surface area contributed by atoms with E-state index >= 15 is 0 Å². The summed E-state index contributed by atoms with van der Waals surface area (Å²) in [7, 11) is 0. The number of carbonyl (C=O) groups excluding carboxylic acids is 1. The van der Waals surface area contributed by atoms with Crippen LogP contribution in [0, 0.1) is 6.92 Å². The van der Waals surface area contributed by atoms with Gasteiger partial charge < -0.3 is 9.84 Å². The number of nitrogens with zero attached hydrogens (tertiary/aromatic N) is 1. The third-order valence-corrected chi connectivity index (χ3v) is 1.72. The summed E-state index contributed by atoms with van der Waals surface area (Å²) in [5, 5.41) is 6.24. The topological polar surface area (TPSA) is 55.1 Å². The van der Waals surface area contributed by atoms with Crippen LogP contribution in [0.25, 0.3) is 0 Å². The Balaban J connectivity index is 2.40. The first-order valence-electron chi connectivity index (χ1n) is 4.01. The largest absolute Gasteiger partial charge is 0.361 e. The predicted octanol–water partition coefficient (Wildman–Crippen LogP) is 1.34. The van der Waals surface area contributed by atoms with Crippen LogP contribution in [-0.2, 0) is 0 Å². The van der Waals surface area contributed by atoms with Gasteiger partial charge in [0.05, 0.1) is 0 Å². The van der Waals surface area contributed by atoms with Crippen LogP contribution in [0.4, 0.5) is 0 Å². The second kappa shape index (κ2) is 4.87. The molecule has 0 saturated carbocycles. The Morgan fingerprint density at radius 1 is 1.77 bits per heavy atom. The summed E-state index contributed by atoms with van der Waals surface area (Å²) in [4.78, 5) is 11.3. The molecule has 1 amide bonds. The summed E-state index contributed by atoms with van der Waals surface area (Å²) >= 11 is 5.45. The van der Waals surface area contributed by atoms with E-state index in [0.29, 0.717) is 23.9 Å². The van der Waals surface area contributed by atoms with Crippen molar-refractivity contribution in [2.24, 2.45) is 0 Å². The smallest absolute Gasteiger partial charge is 0.273 e. The Hall–Kier alpha value is -1.03. The van der Waals surface area contributed by atoms with Crippen molar-refractivity contribution in [3.8, 4) is 0 Å². The van der Waals surface area contributed by atoms with Gasteiger partial charge in [0.1, 0.15) is 5.76 Å². The quantitative estimate of drug-likeness (QED) is 0.592. The molecule has 0 aliphatic rings.